The highest BCUT2D eigenvalue weighted by Crippen LogP contribution is 2.20. The molecule has 0 aliphatic carbocycles. The van der Waals surface area contributed by atoms with E-state index in [1.54, 1.807) is 24.3 Å². The Morgan fingerprint density at radius 1 is 1.26 bits per heavy atom. The van der Waals surface area contributed by atoms with Gasteiger partial charge in [0.15, 0.2) is 0 Å². The van der Waals surface area contributed by atoms with Crippen molar-refractivity contribution in [3.63, 3.8) is 0 Å². The minimum absolute atomic E-state index is 0.0309. The van der Waals surface area contributed by atoms with Gasteiger partial charge in [-0.25, -0.2) is 4.90 Å². The van der Waals surface area contributed by atoms with E-state index < -0.39 is 0 Å². The van der Waals surface area contributed by atoms with E-state index in [0.29, 0.717) is 12.3 Å². The number of likely N-dealkylation sites (tertiary alicyclic amines) is 1. The van der Waals surface area contributed by atoms with E-state index in [9.17, 15) is 14.4 Å². The zero-order valence-corrected chi connectivity index (χ0v) is 14.2. The van der Waals surface area contributed by atoms with Crippen molar-refractivity contribution in [1.29, 1.82) is 0 Å². The molecule has 0 spiro atoms. The van der Waals surface area contributed by atoms with E-state index >= 15 is 0 Å². The summed E-state index contributed by atoms with van der Waals surface area (Å²) in [7, 11) is 0. The molecule has 0 atom stereocenters. The maximum Gasteiger partial charge on any atom is 0.235 e. The Hall–Kier alpha value is -1.93. The van der Waals surface area contributed by atoms with Crippen molar-refractivity contribution in [2.45, 2.75) is 19.8 Å². The normalized spacial score (nSPS) is 14.0. The van der Waals surface area contributed by atoms with Crippen LogP contribution in [0.1, 0.15) is 19.8 Å². The van der Waals surface area contributed by atoms with Gasteiger partial charge in [-0.1, -0.05) is 24.0 Å². The fraction of sp³-hybridized carbons (Fsp3) is 0.333. The Morgan fingerprint density at radius 3 is 2.43 bits per heavy atom. The van der Waals surface area contributed by atoms with Crippen LogP contribution in [0, 0.1) is 0 Å². The predicted molar refractivity (Wildman–Crippen MR) is 92.4 cm³/mol. The van der Waals surface area contributed by atoms with Crippen molar-refractivity contribution in [1.82, 2.24) is 4.90 Å². The van der Waals surface area contributed by atoms with Crippen molar-refractivity contribution in [2.24, 2.45) is 0 Å². The maximum absolute atomic E-state index is 11.9. The summed E-state index contributed by atoms with van der Waals surface area (Å²) >= 11 is 6.05. The Kier molecular flexibility index (Phi) is 6.12. The first-order valence-electron chi connectivity index (χ1n) is 7.06. The molecule has 0 unspecified atom stereocenters. The number of hydrogen-bond donors (Lipinski definition) is 1. The molecular formula is C15H16N2O4S2. The summed E-state index contributed by atoms with van der Waals surface area (Å²) in [5.41, 5.74) is 0.637. The van der Waals surface area contributed by atoms with Gasteiger partial charge in [0.1, 0.15) is 10.1 Å². The molecule has 0 bridgehead atoms. The first-order chi connectivity index (χ1) is 11.0. The van der Waals surface area contributed by atoms with Crippen LogP contribution in [0.15, 0.2) is 24.3 Å². The van der Waals surface area contributed by atoms with Gasteiger partial charge in [-0.15, -0.1) is 0 Å². The number of carbonyl (C=O) groups excluding carboxylic acids is 3. The van der Waals surface area contributed by atoms with Gasteiger partial charge in [0.2, 0.25) is 17.7 Å². The molecule has 1 N–H and O–H groups in total. The second kappa shape index (κ2) is 8.07. The Morgan fingerprint density at radius 2 is 1.87 bits per heavy atom. The Labute approximate surface area is 143 Å². The third kappa shape index (κ3) is 4.77. The van der Waals surface area contributed by atoms with Gasteiger partial charge in [0, 0.05) is 18.5 Å². The summed E-state index contributed by atoms with van der Waals surface area (Å²) in [6, 6.07) is 7.00. The van der Waals surface area contributed by atoms with Crippen LogP contribution in [0.25, 0.3) is 0 Å². The molecule has 1 aromatic rings. The standard InChI is InChI=1S/C15H16N2O4S2/c1-2-21-11-5-3-10(4-6-11)16-12(18)9-23-15(22)17-13(19)7-8-14(17)20/h3-6H,2,7-9H2,1H3,(H,16,18). The van der Waals surface area contributed by atoms with Gasteiger partial charge in [0.25, 0.3) is 0 Å². The lowest BCUT2D eigenvalue weighted by Crippen LogP contribution is -2.33. The highest BCUT2D eigenvalue weighted by Gasteiger charge is 2.32. The number of carbonyl (C=O) groups is 3. The maximum atomic E-state index is 11.9. The fourth-order valence-electron chi connectivity index (χ4n) is 1.97. The predicted octanol–water partition coefficient (Wildman–Crippen LogP) is 2.19. The molecule has 8 heteroatoms. The summed E-state index contributed by atoms with van der Waals surface area (Å²) in [4.78, 5) is 35.9. The van der Waals surface area contributed by atoms with Gasteiger partial charge in [-0.3, -0.25) is 14.4 Å². The van der Waals surface area contributed by atoms with Crippen LogP contribution in [0.4, 0.5) is 5.69 Å². The summed E-state index contributed by atoms with van der Waals surface area (Å²) in [6.07, 6.45) is 0.357. The summed E-state index contributed by atoms with van der Waals surface area (Å²) < 4.78 is 5.44. The van der Waals surface area contributed by atoms with Crippen molar-refractivity contribution in [3.05, 3.63) is 24.3 Å². The fourth-order valence-corrected chi connectivity index (χ4v) is 3.01. The first kappa shape index (κ1) is 17.4. The van der Waals surface area contributed by atoms with Gasteiger partial charge in [0.05, 0.1) is 12.4 Å². The van der Waals surface area contributed by atoms with Crippen molar-refractivity contribution in [3.8, 4) is 5.75 Å². The quantitative estimate of drug-likeness (QED) is 0.647. The summed E-state index contributed by atoms with van der Waals surface area (Å²) in [5.74, 6) is -0.116. The molecule has 1 saturated heterocycles. The lowest BCUT2D eigenvalue weighted by atomic mass is 10.3. The van der Waals surface area contributed by atoms with Gasteiger partial charge < -0.3 is 10.1 Å². The molecule has 0 radical (unpaired) electrons. The lowest BCUT2D eigenvalue weighted by Gasteiger charge is -2.13. The van der Waals surface area contributed by atoms with Gasteiger partial charge in [-0.05, 0) is 31.2 Å². The van der Waals surface area contributed by atoms with Crippen LogP contribution < -0.4 is 10.1 Å². The summed E-state index contributed by atoms with van der Waals surface area (Å²) in [6.45, 7) is 2.47. The number of nitrogens with zero attached hydrogens (tertiary/aromatic N) is 1. The number of hydrogen-bond acceptors (Lipinski definition) is 6. The molecule has 1 aliphatic heterocycles. The molecular weight excluding hydrogens is 336 g/mol. The highest BCUT2D eigenvalue weighted by atomic mass is 32.2. The van der Waals surface area contributed by atoms with E-state index in [2.05, 4.69) is 5.32 Å². The number of amides is 3. The number of nitrogens with one attached hydrogen (secondary N) is 1. The minimum atomic E-state index is -0.306. The summed E-state index contributed by atoms with van der Waals surface area (Å²) in [5, 5.41) is 2.72. The number of rotatable bonds is 5. The first-order valence-corrected chi connectivity index (χ1v) is 8.46. The third-order valence-corrected chi connectivity index (χ3v) is 4.38. The van der Waals surface area contributed by atoms with Gasteiger partial charge in [-0.2, -0.15) is 0 Å². The molecule has 1 heterocycles. The molecule has 122 valence electrons. The molecule has 1 aliphatic rings. The minimum Gasteiger partial charge on any atom is -0.494 e. The molecule has 6 nitrogen and oxygen atoms in total. The van der Waals surface area contributed by atoms with Crippen LogP contribution in [-0.2, 0) is 14.4 Å². The van der Waals surface area contributed by atoms with E-state index in [0.717, 1.165) is 22.4 Å². The molecule has 1 fully saturated rings. The topological polar surface area (TPSA) is 75.7 Å². The van der Waals surface area contributed by atoms with E-state index in [4.69, 9.17) is 17.0 Å². The number of imide groups is 1. The van der Waals surface area contributed by atoms with Crippen LogP contribution in [-0.4, -0.2) is 39.3 Å². The van der Waals surface area contributed by atoms with E-state index in [1.165, 1.54) is 0 Å². The van der Waals surface area contributed by atoms with Crippen molar-refractivity contribution >= 4 is 51.7 Å². The molecule has 23 heavy (non-hydrogen) atoms. The SMILES string of the molecule is CCOc1ccc(NC(=O)CSC(=S)N2C(=O)CCC2=O)cc1. The largest absolute Gasteiger partial charge is 0.494 e. The zero-order chi connectivity index (χ0) is 16.8. The number of benzene rings is 1. The Bertz CT molecular complexity index is 615. The highest BCUT2D eigenvalue weighted by molar-refractivity contribution is 8.23. The van der Waals surface area contributed by atoms with Crippen LogP contribution in [0.3, 0.4) is 0 Å². The lowest BCUT2D eigenvalue weighted by molar-refractivity contribution is -0.133. The molecule has 3 amide bonds. The zero-order valence-electron chi connectivity index (χ0n) is 12.5. The van der Waals surface area contributed by atoms with E-state index in [1.807, 2.05) is 6.92 Å². The van der Waals surface area contributed by atoms with Crippen molar-refractivity contribution in [2.75, 3.05) is 17.7 Å². The van der Waals surface area contributed by atoms with Crippen LogP contribution in [0.2, 0.25) is 0 Å². The molecule has 0 aromatic heterocycles. The molecule has 0 saturated carbocycles. The average Bonchev–Trinajstić information content (AvgIpc) is 2.86. The average molecular weight is 352 g/mol. The van der Waals surface area contributed by atoms with Crippen molar-refractivity contribution < 1.29 is 19.1 Å². The third-order valence-electron chi connectivity index (χ3n) is 3.01. The number of thiocarbonyl (C=S) groups is 1. The van der Waals surface area contributed by atoms with Crippen LogP contribution >= 0.6 is 24.0 Å². The Balaban J connectivity index is 1.81. The monoisotopic (exact) mass is 352 g/mol. The number of thioether (sulfide) groups is 1. The second-order valence-electron chi connectivity index (χ2n) is 4.68. The molecule has 2 rings (SSSR count). The van der Waals surface area contributed by atoms with Gasteiger partial charge >= 0.3 is 0 Å². The number of ether oxygens (including phenoxy) is 1. The smallest absolute Gasteiger partial charge is 0.235 e. The molecule has 1 aromatic carbocycles. The second-order valence-corrected chi connectivity index (χ2v) is 6.29. The van der Waals surface area contributed by atoms with E-state index in [-0.39, 0.29) is 40.6 Å². The van der Waals surface area contributed by atoms with Crippen LogP contribution in [0.5, 0.6) is 5.75 Å². The number of anilines is 1.